The van der Waals surface area contributed by atoms with Crippen LogP contribution in [0.15, 0.2) is 12.7 Å². The topological polar surface area (TPSA) is 97.3 Å². The number of nitrogens with two attached hydrogens (primary N) is 1. The van der Waals surface area contributed by atoms with Crippen LogP contribution >= 0.6 is 8.38 Å². The number of nitrogens with zero attached hydrogens (tertiary/aromatic N) is 4. The minimum atomic E-state index is -0.873. The Morgan fingerprint density at radius 2 is 2.15 bits per heavy atom. The molecule has 2 aromatic rings. The quantitative estimate of drug-likeness (QED) is 0.652. The van der Waals surface area contributed by atoms with Crippen molar-refractivity contribution in [2.75, 3.05) is 31.9 Å². The molecule has 2 N–H and O–H groups in total. The summed E-state index contributed by atoms with van der Waals surface area (Å²) in [5, 5.41) is 0. The Balaban J connectivity index is 1.51. The molecule has 0 amide bonds. The second-order valence-electron chi connectivity index (χ2n) is 4.26. The summed E-state index contributed by atoms with van der Waals surface area (Å²) in [6.45, 7) is 2.71. The van der Waals surface area contributed by atoms with Crippen molar-refractivity contribution < 1.29 is 13.8 Å². The van der Waals surface area contributed by atoms with E-state index in [-0.39, 0.29) is 0 Å². The van der Waals surface area contributed by atoms with Gasteiger partial charge in [0.05, 0.1) is 26.1 Å². The number of fused-ring (bicyclic) bond motifs is 1. The Bertz CT molecular complexity index is 572. The molecule has 3 rings (SSSR count). The Kier molecular flexibility index (Phi) is 4.37. The van der Waals surface area contributed by atoms with Crippen molar-refractivity contribution in [1.29, 1.82) is 0 Å². The molecule has 0 radical (unpaired) electrons. The van der Waals surface area contributed by atoms with Crippen LogP contribution in [0.3, 0.4) is 0 Å². The van der Waals surface area contributed by atoms with Gasteiger partial charge in [-0.05, 0) is 6.42 Å². The monoisotopic (exact) mass is 297 g/mol. The first-order valence-electron chi connectivity index (χ1n) is 6.37. The van der Waals surface area contributed by atoms with Crippen LogP contribution < -0.4 is 5.73 Å². The molecule has 9 heteroatoms. The Morgan fingerprint density at radius 3 is 3.00 bits per heavy atom. The van der Waals surface area contributed by atoms with Crippen LogP contribution in [-0.4, -0.2) is 45.7 Å². The molecule has 0 aromatic carbocycles. The lowest BCUT2D eigenvalue weighted by Gasteiger charge is -2.21. The van der Waals surface area contributed by atoms with Gasteiger partial charge in [-0.1, -0.05) is 0 Å². The third kappa shape index (κ3) is 3.04. The predicted molar refractivity (Wildman–Crippen MR) is 74.0 cm³/mol. The number of aromatic nitrogens is 4. The largest absolute Gasteiger partial charge is 0.382 e. The highest BCUT2D eigenvalue weighted by atomic mass is 31.2. The van der Waals surface area contributed by atoms with E-state index in [9.17, 15) is 0 Å². The molecule has 108 valence electrons. The van der Waals surface area contributed by atoms with Crippen molar-refractivity contribution in [3.8, 4) is 0 Å². The molecule has 0 bridgehead atoms. The molecule has 0 spiro atoms. The van der Waals surface area contributed by atoms with Gasteiger partial charge in [-0.15, -0.1) is 0 Å². The van der Waals surface area contributed by atoms with Crippen LogP contribution in [0.1, 0.15) is 6.42 Å². The molecule has 0 unspecified atom stereocenters. The third-order valence-electron chi connectivity index (χ3n) is 2.86. The van der Waals surface area contributed by atoms with E-state index in [0.29, 0.717) is 30.8 Å². The summed E-state index contributed by atoms with van der Waals surface area (Å²) in [4.78, 5) is 12.3. The summed E-state index contributed by atoms with van der Waals surface area (Å²) >= 11 is 0. The van der Waals surface area contributed by atoms with E-state index in [1.807, 2.05) is 4.57 Å². The second kappa shape index (κ2) is 6.41. The smallest absolute Gasteiger partial charge is 0.198 e. The number of rotatable bonds is 5. The van der Waals surface area contributed by atoms with Crippen molar-refractivity contribution >= 4 is 25.4 Å². The summed E-state index contributed by atoms with van der Waals surface area (Å²) in [5.41, 5.74) is 7.07. The molecule has 1 aliphatic rings. The normalized spacial score (nSPS) is 16.8. The van der Waals surface area contributed by atoms with Gasteiger partial charge in [-0.25, -0.2) is 15.0 Å². The van der Waals surface area contributed by atoms with Crippen LogP contribution in [0.4, 0.5) is 5.82 Å². The van der Waals surface area contributed by atoms with Crippen molar-refractivity contribution in [3.05, 3.63) is 12.7 Å². The molecular formula is C11H16N5O3P. The van der Waals surface area contributed by atoms with Crippen LogP contribution in [0.2, 0.25) is 0 Å². The van der Waals surface area contributed by atoms with E-state index in [2.05, 4.69) is 15.0 Å². The van der Waals surface area contributed by atoms with Gasteiger partial charge in [0.15, 0.2) is 19.8 Å². The fourth-order valence-electron chi connectivity index (χ4n) is 1.87. The molecule has 1 fully saturated rings. The lowest BCUT2D eigenvalue weighted by atomic mass is 10.5. The number of hydrogen-bond donors (Lipinski definition) is 1. The van der Waals surface area contributed by atoms with E-state index >= 15 is 0 Å². The molecule has 0 aliphatic carbocycles. The summed E-state index contributed by atoms with van der Waals surface area (Å²) in [6, 6.07) is 0. The van der Waals surface area contributed by atoms with E-state index in [0.717, 1.165) is 25.3 Å². The molecule has 0 saturated carbocycles. The van der Waals surface area contributed by atoms with Crippen molar-refractivity contribution in [3.63, 3.8) is 0 Å². The fourth-order valence-corrected chi connectivity index (χ4v) is 3.04. The second-order valence-corrected chi connectivity index (χ2v) is 5.70. The summed E-state index contributed by atoms with van der Waals surface area (Å²) in [6.07, 6.45) is 4.59. The maximum absolute atomic E-state index is 5.73. The first-order chi connectivity index (χ1) is 9.84. The van der Waals surface area contributed by atoms with Crippen LogP contribution in [0.5, 0.6) is 0 Å². The summed E-state index contributed by atoms with van der Waals surface area (Å²) < 4.78 is 18.4. The van der Waals surface area contributed by atoms with Gasteiger partial charge in [0.1, 0.15) is 18.2 Å². The standard InChI is InChI=1S/C11H16N5O3P/c12-10-9-11(14-6-13-10)16(7-15-9)2-5-17-8-20-18-3-1-4-19-20/h6-7H,1-5,8H2,(H2,12,13,14). The Hall–Kier alpha value is -1.34. The van der Waals surface area contributed by atoms with Gasteiger partial charge in [-0.3, -0.25) is 0 Å². The highest BCUT2D eigenvalue weighted by Crippen LogP contribution is 2.40. The van der Waals surface area contributed by atoms with Crippen molar-refractivity contribution in [1.82, 2.24) is 19.5 Å². The molecule has 3 heterocycles. The lowest BCUT2D eigenvalue weighted by Crippen LogP contribution is -2.11. The molecule has 1 saturated heterocycles. The molecule has 2 aromatic heterocycles. The fraction of sp³-hybridized carbons (Fsp3) is 0.545. The summed E-state index contributed by atoms with van der Waals surface area (Å²) in [7, 11) is -0.873. The zero-order chi connectivity index (χ0) is 13.8. The van der Waals surface area contributed by atoms with Gasteiger partial charge in [-0.2, -0.15) is 0 Å². The maximum Gasteiger partial charge on any atom is 0.198 e. The van der Waals surface area contributed by atoms with Gasteiger partial charge in [0, 0.05) is 6.54 Å². The van der Waals surface area contributed by atoms with Crippen LogP contribution in [-0.2, 0) is 20.3 Å². The van der Waals surface area contributed by atoms with Crippen molar-refractivity contribution in [2.24, 2.45) is 0 Å². The SMILES string of the molecule is Nc1ncnc2c1ncn2CCOCP1OCCCO1. The van der Waals surface area contributed by atoms with Gasteiger partial charge in [0.25, 0.3) is 0 Å². The third-order valence-corrected chi connectivity index (χ3v) is 4.20. The number of nitrogen functional groups attached to an aromatic ring is 1. The zero-order valence-corrected chi connectivity index (χ0v) is 11.8. The van der Waals surface area contributed by atoms with Crippen LogP contribution in [0, 0.1) is 0 Å². The molecule has 20 heavy (non-hydrogen) atoms. The minimum absolute atomic E-state index is 0.391. The van der Waals surface area contributed by atoms with Gasteiger partial charge < -0.3 is 24.1 Å². The average molecular weight is 297 g/mol. The number of hydrogen-bond acceptors (Lipinski definition) is 7. The van der Waals surface area contributed by atoms with E-state index in [1.54, 1.807) is 6.33 Å². The van der Waals surface area contributed by atoms with Crippen molar-refractivity contribution in [2.45, 2.75) is 13.0 Å². The lowest BCUT2D eigenvalue weighted by molar-refractivity contribution is 0.123. The van der Waals surface area contributed by atoms with Crippen LogP contribution in [0.25, 0.3) is 11.2 Å². The first-order valence-corrected chi connectivity index (χ1v) is 7.73. The van der Waals surface area contributed by atoms with E-state index in [4.69, 9.17) is 19.5 Å². The molecular weight excluding hydrogens is 281 g/mol. The molecule has 8 nitrogen and oxygen atoms in total. The zero-order valence-electron chi connectivity index (χ0n) is 10.9. The minimum Gasteiger partial charge on any atom is -0.382 e. The Labute approximate surface area is 117 Å². The number of imidazole rings is 1. The predicted octanol–water partition coefficient (Wildman–Crippen LogP) is 1.13. The Morgan fingerprint density at radius 1 is 1.30 bits per heavy atom. The van der Waals surface area contributed by atoms with E-state index < -0.39 is 8.38 Å². The van der Waals surface area contributed by atoms with Gasteiger partial charge in [0.2, 0.25) is 0 Å². The summed E-state index contributed by atoms with van der Waals surface area (Å²) in [5.74, 6) is 0.391. The highest BCUT2D eigenvalue weighted by Gasteiger charge is 2.15. The maximum atomic E-state index is 5.73. The highest BCUT2D eigenvalue weighted by molar-refractivity contribution is 7.47. The molecule has 1 aliphatic heterocycles. The van der Waals surface area contributed by atoms with Gasteiger partial charge >= 0.3 is 0 Å². The van der Waals surface area contributed by atoms with E-state index in [1.165, 1.54) is 6.33 Å². The first kappa shape index (κ1) is 13.6. The average Bonchev–Trinajstić information content (AvgIpc) is 2.90. The number of ether oxygens (including phenoxy) is 1. The number of anilines is 1. The molecule has 0 atom stereocenters.